The summed E-state index contributed by atoms with van der Waals surface area (Å²) in [4.78, 5) is 27.8. The van der Waals surface area contributed by atoms with Crippen molar-refractivity contribution in [3.63, 3.8) is 0 Å². The van der Waals surface area contributed by atoms with Gasteiger partial charge in [0.25, 0.3) is 11.7 Å². The Hall–Kier alpha value is -4.13. The lowest BCUT2D eigenvalue weighted by molar-refractivity contribution is -0.132. The molecule has 6 nitrogen and oxygen atoms in total. The summed E-state index contributed by atoms with van der Waals surface area (Å²) in [6.45, 7) is 3.60. The van der Waals surface area contributed by atoms with Crippen LogP contribution in [0.15, 0.2) is 66.2 Å². The summed E-state index contributed by atoms with van der Waals surface area (Å²) >= 11 is 0. The van der Waals surface area contributed by atoms with E-state index in [0.717, 1.165) is 5.56 Å². The van der Waals surface area contributed by atoms with Crippen molar-refractivity contribution in [2.24, 2.45) is 0 Å². The van der Waals surface area contributed by atoms with E-state index in [1.165, 1.54) is 36.3 Å². The van der Waals surface area contributed by atoms with Gasteiger partial charge in [-0.05, 0) is 79.1 Å². The highest BCUT2D eigenvalue weighted by molar-refractivity contribution is 6.51. The van der Waals surface area contributed by atoms with Gasteiger partial charge in [0, 0.05) is 11.3 Å². The van der Waals surface area contributed by atoms with Crippen molar-refractivity contribution < 1.29 is 28.6 Å². The number of carbonyl (C=O) groups excluding carboxylic acids is 2. The van der Waals surface area contributed by atoms with E-state index in [-0.39, 0.29) is 11.3 Å². The molecule has 7 heteroatoms. The number of benzene rings is 3. The number of methoxy groups -OCH3 is 2. The highest BCUT2D eigenvalue weighted by Gasteiger charge is 2.47. The average Bonchev–Trinajstić information content (AvgIpc) is 3.10. The lowest BCUT2D eigenvalue weighted by Gasteiger charge is -2.25. The van der Waals surface area contributed by atoms with Crippen molar-refractivity contribution >= 4 is 23.1 Å². The standard InChI is InChI=1S/C27H24FNO5/c1-15-14-22(34-4)16(2)13-21(15)25(30)23-24(17-5-7-18(28)8-6-17)29(27(32)26(23)31)19-9-11-20(33-3)12-10-19/h5-14,24,30H,1-4H3/b25-23+. The number of hydrogen-bond donors (Lipinski definition) is 1. The van der Waals surface area contributed by atoms with Crippen LogP contribution in [0.5, 0.6) is 11.5 Å². The fourth-order valence-corrected chi connectivity index (χ4v) is 4.21. The molecule has 1 aliphatic heterocycles. The first-order chi connectivity index (χ1) is 16.3. The second kappa shape index (κ2) is 9.02. The number of aryl methyl sites for hydroxylation is 2. The van der Waals surface area contributed by atoms with E-state index < -0.39 is 23.5 Å². The molecule has 0 saturated carbocycles. The van der Waals surface area contributed by atoms with Crippen LogP contribution in [0, 0.1) is 19.7 Å². The lowest BCUT2D eigenvalue weighted by Crippen LogP contribution is -2.29. The maximum atomic E-state index is 13.7. The zero-order valence-electron chi connectivity index (χ0n) is 19.3. The third-order valence-electron chi connectivity index (χ3n) is 5.98. The molecule has 0 aliphatic carbocycles. The van der Waals surface area contributed by atoms with E-state index >= 15 is 0 Å². The Balaban J connectivity index is 1.95. The molecule has 0 aromatic heterocycles. The fraction of sp³-hybridized carbons (Fsp3) is 0.185. The number of hydrogen-bond acceptors (Lipinski definition) is 5. The Labute approximate surface area is 196 Å². The molecule has 1 amide bonds. The lowest BCUT2D eigenvalue weighted by atomic mass is 9.93. The third-order valence-corrected chi connectivity index (χ3v) is 5.98. The number of anilines is 1. The number of aliphatic hydroxyl groups excluding tert-OH is 1. The van der Waals surface area contributed by atoms with Crippen molar-refractivity contribution in [1.29, 1.82) is 0 Å². The highest BCUT2D eigenvalue weighted by Crippen LogP contribution is 2.43. The molecule has 1 aliphatic rings. The predicted octanol–water partition coefficient (Wildman–Crippen LogP) is 5.09. The Morgan fingerprint density at radius 3 is 2.15 bits per heavy atom. The molecule has 3 aromatic rings. The van der Waals surface area contributed by atoms with Crippen molar-refractivity contribution in [1.82, 2.24) is 0 Å². The molecule has 174 valence electrons. The second-order valence-electron chi connectivity index (χ2n) is 8.06. The normalized spacial score (nSPS) is 17.2. The highest BCUT2D eigenvalue weighted by atomic mass is 19.1. The summed E-state index contributed by atoms with van der Waals surface area (Å²) in [7, 11) is 3.08. The number of ether oxygens (including phenoxy) is 2. The van der Waals surface area contributed by atoms with Gasteiger partial charge in [-0.25, -0.2) is 4.39 Å². The minimum atomic E-state index is -0.948. The molecule has 1 saturated heterocycles. The summed E-state index contributed by atoms with van der Waals surface area (Å²) < 4.78 is 24.2. The molecule has 1 atom stereocenters. The Bertz CT molecular complexity index is 1300. The number of ketones is 1. The van der Waals surface area contributed by atoms with Crippen LogP contribution in [0.25, 0.3) is 5.76 Å². The smallest absolute Gasteiger partial charge is 0.300 e. The first-order valence-electron chi connectivity index (χ1n) is 10.6. The maximum Gasteiger partial charge on any atom is 0.300 e. The van der Waals surface area contributed by atoms with Gasteiger partial charge < -0.3 is 14.6 Å². The van der Waals surface area contributed by atoms with E-state index in [0.29, 0.717) is 33.9 Å². The number of aliphatic hydroxyl groups is 1. The van der Waals surface area contributed by atoms with Gasteiger partial charge >= 0.3 is 0 Å². The van der Waals surface area contributed by atoms with E-state index in [2.05, 4.69) is 0 Å². The largest absolute Gasteiger partial charge is 0.507 e. The minimum Gasteiger partial charge on any atom is -0.507 e. The van der Waals surface area contributed by atoms with Crippen LogP contribution in [0.2, 0.25) is 0 Å². The van der Waals surface area contributed by atoms with Crippen LogP contribution < -0.4 is 14.4 Å². The van der Waals surface area contributed by atoms with Crippen LogP contribution >= 0.6 is 0 Å². The van der Waals surface area contributed by atoms with Crippen LogP contribution in [0.4, 0.5) is 10.1 Å². The molecule has 34 heavy (non-hydrogen) atoms. The molecule has 0 radical (unpaired) electrons. The first-order valence-corrected chi connectivity index (χ1v) is 10.6. The monoisotopic (exact) mass is 461 g/mol. The quantitative estimate of drug-likeness (QED) is 0.326. The van der Waals surface area contributed by atoms with Gasteiger partial charge in [-0.1, -0.05) is 12.1 Å². The van der Waals surface area contributed by atoms with Crippen LogP contribution in [0.1, 0.15) is 28.3 Å². The summed E-state index contributed by atoms with van der Waals surface area (Å²) in [5, 5.41) is 11.4. The van der Waals surface area contributed by atoms with E-state index in [1.807, 2.05) is 6.92 Å². The van der Waals surface area contributed by atoms with E-state index in [9.17, 15) is 19.1 Å². The van der Waals surface area contributed by atoms with E-state index in [1.54, 1.807) is 50.4 Å². The predicted molar refractivity (Wildman–Crippen MR) is 127 cm³/mol. The second-order valence-corrected chi connectivity index (χ2v) is 8.06. The van der Waals surface area contributed by atoms with Crippen molar-refractivity contribution in [2.75, 3.05) is 19.1 Å². The zero-order chi connectivity index (χ0) is 24.6. The van der Waals surface area contributed by atoms with Gasteiger partial charge in [-0.15, -0.1) is 0 Å². The van der Waals surface area contributed by atoms with Crippen molar-refractivity contribution in [3.05, 3.63) is 94.3 Å². The molecule has 0 spiro atoms. The molecular weight excluding hydrogens is 437 g/mol. The van der Waals surface area contributed by atoms with Crippen LogP contribution in [0.3, 0.4) is 0 Å². The third kappa shape index (κ3) is 3.90. The number of amides is 1. The number of halogens is 1. The molecule has 1 N–H and O–H groups in total. The molecule has 4 rings (SSSR count). The topological polar surface area (TPSA) is 76.1 Å². The Kier molecular flexibility index (Phi) is 6.11. The van der Waals surface area contributed by atoms with Crippen LogP contribution in [-0.2, 0) is 9.59 Å². The molecular formula is C27H24FNO5. The summed E-state index contributed by atoms with van der Waals surface area (Å²) in [6, 6.07) is 14.7. The van der Waals surface area contributed by atoms with Gasteiger partial charge in [-0.2, -0.15) is 0 Å². The zero-order valence-corrected chi connectivity index (χ0v) is 19.3. The summed E-state index contributed by atoms with van der Waals surface area (Å²) in [6.07, 6.45) is 0. The summed E-state index contributed by atoms with van der Waals surface area (Å²) in [5.41, 5.74) is 2.71. The molecule has 3 aromatic carbocycles. The Morgan fingerprint density at radius 1 is 0.912 bits per heavy atom. The van der Waals surface area contributed by atoms with Gasteiger partial charge in [-0.3, -0.25) is 14.5 Å². The van der Waals surface area contributed by atoms with Gasteiger partial charge in [0.15, 0.2) is 0 Å². The number of Topliss-reactive ketones (excluding diaryl/α,β-unsaturated/α-hetero) is 1. The van der Waals surface area contributed by atoms with Gasteiger partial charge in [0.2, 0.25) is 0 Å². The first kappa shape index (κ1) is 23.0. The molecule has 1 heterocycles. The number of nitrogens with zero attached hydrogens (tertiary/aromatic N) is 1. The van der Waals surface area contributed by atoms with E-state index in [4.69, 9.17) is 9.47 Å². The average molecular weight is 461 g/mol. The maximum absolute atomic E-state index is 13.7. The fourth-order valence-electron chi connectivity index (χ4n) is 4.21. The SMILES string of the molecule is COc1ccc(N2C(=O)C(=O)/C(=C(/O)c3cc(C)c(OC)cc3C)C2c2ccc(F)cc2)cc1. The van der Waals surface area contributed by atoms with Gasteiger partial charge in [0.1, 0.15) is 23.1 Å². The van der Waals surface area contributed by atoms with Crippen molar-refractivity contribution in [3.8, 4) is 11.5 Å². The molecule has 1 fully saturated rings. The number of carbonyl (C=O) groups is 2. The van der Waals surface area contributed by atoms with Crippen molar-refractivity contribution in [2.45, 2.75) is 19.9 Å². The molecule has 0 bridgehead atoms. The van der Waals surface area contributed by atoms with Crippen LogP contribution in [-0.4, -0.2) is 31.0 Å². The summed E-state index contributed by atoms with van der Waals surface area (Å²) in [5.74, 6) is -1.14. The number of rotatable bonds is 5. The molecule has 1 unspecified atom stereocenters. The Morgan fingerprint density at radius 2 is 1.56 bits per heavy atom. The minimum absolute atomic E-state index is 0.0694. The van der Waals surface area contributed by atoms with Gasteiger partial charge in [0.05, 0.1) is 25.8 Å².